The van der Waals surface area contributed by atoms with Crippen molar-refractivity contribution in [1.82, 2.24) is 14.8 Å². The molecule has 1 unspecified atom stereocenters. The van der Waals surface area contributed by atoms with E-state index in [4.69, 9.17) is 9.57 Å². The van der Waals surface area contributed by atoms with Gasteiger partial charge in [0.2, 0.25) is 5.90 Å². The molecule has 2 aromatic heterocycles. The van der Waals surface area contributed by atoms with Crippen LogP contribution in [-0.4, -0.2) is 26.8 Å². The zero-order valence-electron chi connectivity index (χ0n) is 10.8. The number of hydrogen-bond donors (Lipinski definition) is 0. The van der Waals surface area contributed by atoms with E-state index in [0.29, 0.717) is 18.1 Å². The molecular weight excluding hydrogens is 244 g/mol. The standard InChI is InChI=1S/C13H14N4O2/c1-9-5-13(16-19-9)18-11-3-4-12(14-7-11)10-6-15-17(2)8-10/h3-4,6-9H,5H2,1-2H3. The number of nitrogens with zero attached hydrogens (tertiary/aromatic N) is 4. The molecule has 0 bridgehead atoms. The third-order valence-electron chi connectivity index (χ3n) is 2.77. The molecule has 1 aliphatic rings. The van der Waals surface area contributed by atoms with Gasteiger partial charge in [-0.1, -0.05) is 5.16 Å². The van der Waals surface area contributed by atoms with Crippen molar-refractivity contribution in [2.75, 3.05) is 0 Å². The molecule has 3 rings (SSSR count). The van der Waals surface area contributed by atoms with E-state index in [1.54, 1.807) is 17.1 Å². The highest BCUT2D eigenvalue weighted by atomic mass is 16.7. The van der Waals surface area contributed by atoms with E-state index < -0.39 is 0 Å². The van der Waals surface area contributed by atoms with Crippen LogP contribution in [-0.2, 0) is 11.9 Å². The number of rotatable bonds is 2. The van der Waals surface area contributed by atoms with Gasteiger partial charge in [0, 0.05) is 18.8 Å². The first-order chi connectivity index (χ1) is 9.20. The molecule has 1 aliphatic heterocycles. The van der Waals surface area contributed by atoms with Gasteiger partial charge < -0.3 is 9.57 Å². The van der Waals surface area contributed by atoms with E-state index in [1.807, 2.05) is 32.3 Å². The molecule has 2 aromatic rings. The summed E-state index contributed by atoms with van der Waals surface area (Å²) in [6.07, 6.45) is 6.13. The Labute approximate surface area is 110 Å². The molecule has 0 saturated carbocycles. The van der Waals surface area contributed by atoms with Crippen LogP contribution in [0.1, 0.15) is 13.3 Å². The summed E-state index contributed by atoms with van der Waals surface area (Å²) in [7, 11) is 1.88. The third-order valence-corrected chi connectivity index (χ3v) is 2.77. The van der Waals surface area contributed by atoms with Crippen molar-refractivity contribution in [3.05, 3.63) is 30.7 Å². The van der Waals surface area contributed by atoms with Gasteiger partial charge >= 0.3 is 0 Å². The van der Waals surface area contributed by atoms with Crippen LogP contribution in [0.15, 0.2) is 35.9 Å². The van der Waals surface area contributed by atoms with Crippen molar-refractivity contribution in [2.24, 2.45) is 12.2 Å². The first-order valence-electron chi connectivity index (χ1n) is 6.06. The van der Waals surface area contributed by atoms with Gasteiger partial charge in [-0.2, -0.15) is 5.10 Å². The quantitative estimate of drug-likeness (QED) is 0.826. The average molecular weight is 258 g/mol. The van der Waals surface area contributed by atoms with E-state index in [-0.39, 0.29) is 6.10 Å². The number of hydrogen-bond acceptors (Lipinski definition) is 5. The van der Waals surface area contributed by atoms with Crippen LogP contribution >= 0.6 is 0 Å². The molecule has 0 radical (unpaired) electrons. The predicted octanol–water partition coefficient (Wildman–Crippen LogP) is 1.98. The fourth-order valence-corrected chi connectivity index (χ4v) is 1.83. The van der Waals surface area contributed by atoms with Crippen LogP contribution < -0.4 is 4.74 Å². The predicted molar refractivity (Wildman–Crippen MR) is 69.7 cm³/mol. The first kappa shape index (κ1) is 11.7. The van der Waals surface area contributed by atoms with E-state index in [9.17, 15) is 0 Å². The van der Waals surface area contributed by atoms with Gasteiger partial charge in [0.1, 0.15) is 11.9 Å². The Hall–Kier alpha value is -2.37. The summed E-state index contributed by atoms with van der Waals surface area (Å²) < 4.78 is 7.33. The van der Waals surface area contributed by atoms with Crippen molar-refractivity contribution >= 4 is 5.90 Å². The second-order valence-corrected chi connectivity index (χ2v) is 4.49. The lowest BCUT2D eigenvalue weighted by Gasteiger charge is -2.03. The number of aromatic nitrogens is 3. The Balaban J connectivity index is 1.72. The highest BCUT2D eigenvalue weighted by Gasteiger charge is 2.18. The number of pyridine rings is 1. The van der Waals surface area contributed by atoms with Crippen LogP contribution in [0.3, 0.4) is 0 Å². The molecule has 0 aliphatic carbocycles. The zero-order valence-corrected chi connectivity index (χ0v) is 10.8. The van der Waals surface area contributed by atoms with Gasteiger partial charge in [0.05, 0.1) is 24.5 Å². The van der Waals surface area contributed by atoms with Gasteiger partial charge in [0.15, 0.2) is 0 Å². The molecule has 3 heterocycles. The lowest BCUT2D eigenvalue weighted by molar-refractivity contribution is 0.0992. The number of ether oxygens (including phenoxy) is 1. The summed E-state index contributed by atoms with van der Waals surface area (Å²) in [5, 5.41) is 7.97. The molecule has 98 valence electrons. The van der Waals surface area contributed by atoms with Crippen LogP contribution in [0.2, 0.25) is 0 Å². The van der Waals surface area contributed by atoms with Crippen LogP contribution in [0.25, 0.3) is 11.3 Å². The van der Waals surface area contributed by atoms with Crippen molar-refractivity contribution in [3.8, 4) is 17.0 Å². The van der Waals surface area contributed by atoms with E-state index in [2.05, 4.69) is 15.2 Å². The lowest BCUT2D eigenvalue weighted by atomic mass is 10.2. The zero-order chi connectivity index (χ0) is 13.2. The topological polar surface area (TPSA) is 61.5 Å². The molecule has 0 aromatic carbocycles. The first-order valence-corrected chi connectivity index (χ1v) is 6.06. The number of oxime groups is 1. The molecule has 0 amide bonds. The fraction of sp³-hybridized carbons (Fsp3) is 0.308. The minimum Gasteiger partial charge on any atom is -0.438 e. The number of aryl methyl sites for hydroxylation is 1. The molecule has 0 saturated heterocycles. The second kappa shape index (κ2) is 4.72. The fourth-order valence-electron chi connectivity index (χ4n) is 1.83. The van der Waals surface area contributed by atoms with Gasteiger partial charge in [-0.05, 0) is 19.1 Å². The van der Waals surface area contributed by atoms with E-state index in [0.717, 1.165) is 11.3 Å². The Morgan fingerprint density at radius 3 is 2.84 bits per heavy atom. The summed E-state index contributed by atoms with van der Waals surface area (Å²) in [6, 6.07) is 3.76. The molecular formula is C13H14N4O2. The normalized spacial score (nSPS) is 18.0. The summed E-state index contributed by atoms with van der Waals surface area (Å²) in [4.78, 5) is 9.41. The van der Waals surface area contributed by atoms with Gasteiger partial charge in [-0.3, -0.25) is 9.67 Å². The Bertz CT molecular complexity index is 603. The molecule has 1 atom stereocenters. The largest absolute Gasteiger partial charge is 0.438 e. The lowest BCUT2D eigenvalue weighted by Crippen LogP contribution is -2.08. The van der Waals surface area contributed by atoms with E-state index >= 15 is 0 Å². The van der Waals surface area contributed by atoms with Crippen LogP contribution in [0, 0.1) is 0 Å². The Morgan fingerprint density at radius 2 is 2.26 bits per heavy atom. The monoisotopic (exact) mass is 258 g/mol. The highest BCUT2D eigenvalue weighted by Crippen LogP contribution is 2.20. The molecule has 0 fully saturated rings. The van der Waals surface area contributed by atoms with Crippen LogP contribution in [0.4, 0.5) is 0 Å². The average Bonchev–Trinajstić information content (AvgIpc) is 3.00. The van der Waals surface area contributed by atoms with Gasteiger partial charge in [0.25, 0.3) is 0 Å². The maximum atomic E-state index is 5.58. The smallest absolute Gasteiger partial charge is 0.235 e. The van der Waals surface area contributed by atoms with Crippen molar-refractivity contribution < 1.29 is 9.57 Å². The molecule has 6 nitrogen and oxygen atoms in total. The molecule has 6 heteroatoms. The summed E-state index contributed by atoms with van der Waals surface area (Å²) in [6.45, 7) is 1.95. The second-order valence-electron chi connectivity index (χ2n) is 4.49. The minimum absolute atomic E-state index is 0.0811. The van der Waals surface area contributed by atoms with Gasteiger partial charge in [-0.25, -0.2) is 0 Å². The van der Waals surface area contributed by atoms with Crippen molar-refractivity contribution in [1.29, 1.82) is 0 Å². The molecule has 0 spiro atoms. The van der Waals surface area contributed by atoms with Gasteiger partial charge in [-0.15, -0.1) is 0 Å². The molecule has 19 heavy (non-hydrogen) atoms. The Kier molecular flexibility index (Phi) is 2.91. The molecule has 0 N–H and O–H groups in total. The maximum Gasteiger partial charge on any atom is 0.235 e. The minimum atomic E-state index is 0.0811. The summed E-state index contributed by atoms with van der Waals surface area (Å²) >= 11 is 0. The van der Waals surface area contributed by atoms with Crippen molar-refractivity contribution in [3.63, 3.8) is 0 Å². The third kappa shape index (κ3) is 2.57. The van der Waals surface area contributed by atoms with Crippen molar-refractivity contribution in [2.45, 2.75) is 19.4 Å². The van der Waals surface area contributed by atoms with Crippen LogP contribution in [0.5, 0.6) is 5.75 Å². The summed E-state index contributed by atoms with van der Waals surface area (Å²) in [5.41, 5.74) is 1.84. The van der Waals surface area contributed by atoms with E-state index in [1.165, 1.54) is 0 Å². The maximum absolute atomic E-state index is 5.58. The highest BCUT2D eigenvalue weighted by molar-refractivity contribution is 5.79. The SMILES string of the molecule is CC1CC(Oc2ccc(-c3cnn(C)c3)nc2)=NO1. The Morgan fingerprint density at radius 1 is 1.37 bits per heavy atom. The summed E-state index contributed by atoms with van der Waals surface area (Å²) in [5.74, 6) is 1.24.